The lowest BCUT2D eigenvalue weighted by atomic mass is 10.1. The molecule has 2 aromatic carbocycles. The number of aromatic nitrogens is 3. The van der Waals surface area contributed by atoms with E-state index in [0.29, 0.717) is 24.5 Å². The summed E-state index contributed by atoms with van der Waals surface area (Å²) in [4.78, 5) is 29.4. The van der Waals surface area contributed by atoms with E-state index in [1.807, 2.05) is 54.6 Å². The molecule has 0 saturated carbocycles. The van der Waals surface area contributed by atoms with Crippen LogP contribution in [0.2, 0.25) is 0 Å². The molecule has 1 aromatic heterocycles. The summed E-state index contributed by atoms with van der Waals surface area (Å²) in [6.07, 6.45) is 1.65. The SMILES string of the molecule is NCc1cn(CC(=O)N(CC(=O)N2CCNCC2)c2ccc(-c3ccccc3)cc2)nn1. The van der Waals surface area contributed by atoms with Gasteiger partial charge in [-0.3, -0.25) is 9.59 Å². The van der Waals surface area contributed by atoms with Gasteiger partial charge in [0.15, 0.2) is 0 Å². The summed E-state index contributed by atoms with van der Waals surface area (Å²) in [7, 11) is 0. The molecule has 4 rings (SSSR count). The first kappa shape index (κ1) is 21.7. The normalized spacial score (nSPS) is 13.7. The molecule has 1 aliphatic rings. The Kier molecular flexibility index (Phi) is 6.88. The quantitative estimate of drug-likeness (QED) is 0.572. The van der Waals surface area contributed by atoms with Crippen molar-refractivity contribution in [2.75, 3.05) is 37.6 Å². The molecule has 0 radical (unpaired) electrons. The van der Waals surface area contributed by atoms with Crippen LogP contribution in [0.25, 0.3) is 11.1 Å². The molecular formula is C23H27N7O2. The van der Waals surface area contributed by atoms with Gasteiger partial charge in [0.25, 0.3) is 0 Å². The van der Waals surface area contributed by atoms with E-state index in [9.17, 15) is 9.59 Å². The number of nitrogens with two attached hydrogens (primary N) is 1. The molecule has 32 heavy (non-hydrogen) atoms. The van der Waals surface area contributed by atoms with Crippen molar-refractivity contribution in [1.82, 2.24) is 25.2 Å². The summed E-state index contributed by atoms with van der Waals surface area (Å²) in [5, 5.41) is 11.1. The van der Waals surface area contributed by atoms with Crippen molar-refractivity contribution in [3.05, 3.63) is 66.5 Å². The summed E-state index contributed by atoms with van der Waals surface area (Å²) in [6, 6.07) is 17.7. The van der Waals surface area contributed by atoms with Gasteiger partial charge in [0, 0.05) is 38.4 Å². The van der Waals surface area contributed by atoms with Crippen molar-refractivity contribution in [3.8, 4) is 11.1 Å². The number of nitrogens with zero attached hydrogens (tertiary/aromatic N) is 5. The lowest BCUT2D eigenvalue weighted by Crippen LogP contribution is -2.50. The van der Waals surface area contributed by atoms with Crippen LogP contribution in [0, 0.1) is 0 Å². The van der Waals surface area contributed by atoms with E-state index < -0.39 is 0 Å². The Morgan fingerprint density at radius 3 is 2.34 bits per heavy atom. The summed E-state index contributed by atoms with van der Waals surface area (Å²) in [6.45, 7) is 2.98. The third-order valence-electron chi connectivity index (χ3n) is 5.44. The highest BCUT2D eigenvalue weighted by molar-refractivity contribution is 5.98. The van der Waals surface area contributed by atoms with Crippen molar-refractivity contribution in [2.45, 2.75) is 13.1 Å². The fraction of sp³-hybridized carbons (Fsp3) is 0.304. The largest absolute Gasteiger partial charge is 0.339 e. The molecule has 2 heterocycles. The highest BCUT2D eigenvalue weighted by Crippen LogP contribution is 2.23. The maximum Gasteiger partial charge on any atom is 0.249 e. The predicted molar refractivity (Wildman–Crippen MR) is 122 cm³/mol. The topological polar surface area (TPSA) is 109 Å². The zero-order valence-corrected chi connectivity index (χ0v) is 17.9. The van der Waals surface area contributed by atoms with Crippen LogP contribution in [0.5, 0.6) is 0 Å². The van der Waals surface area contributed by atoms with Crippen molar-refractivity contribution in [2.24, 2.45) is 5.73 Å². The highest BCUT2D eigenvalue weighted by atomic mass is 16.2. The van der Waals surface area contributed by atoms with Gasteiger partial charge in [0.2, 0.25) is 11.8 Å². The maximum absolute atomic E-state index is 13.2. The number of anilines is 1. The number of nitrogens with one attached hydrogen (secondary N) is 1. The number of carbonyl (C=O) groups excluding carboxylic acids is 2. The number of hydrogen-bond acceptors (Lipinski definition) is 6. The monoisotopic (exact) mass is 433 g/mol. The van der Waals surface area contributed by atoms with Crippen molar-refractivity contribution < 1.29 is 9.59 Å². The minimum absolute atomic E-state index is 0.0255. The summed E-state index contributed by atoms with van der Waals surface area (Å²) >= 11 is 0. The Balaban J connectivity index is 1.55. The molecule has 9 nitrogen and oxygen atoms in total. The van der Waals surface area contributed by atoms with E-state index in [1.165, 1.54) is 9.58 Å². The third kappa shape index (κ3) is 5.19. The van der Waals surface area contributed by atoms with Crippen molar-refractivity contribution >= 4 is 17.5 Å². The zero-order chi connectivity index (χ0) is 22.3. The second-order valence-corrected chi connectivity index (χ2v) is 7.64. The van der Waals surface area contributed by atoms with E-state index in [0.717, 1.165) is 24.2 Å². The Morgan fingerprint density at radius 1 is 1.00 bits per heavy atom. The average molecular weight is 434 g/mol. The van der Waals surface area contributed by atoms with Crippen LogP contribution in [0.1, 0.15) is 5.69 Å². The molecule has 166 valence electrons. The second kappa shape index (κ2) is 10.2. The molecule has 3 aromatic rings. The molecule has 9 heteroatoms. The van der Waals surface area contributed by atoms with Gasteiger partial charge in [-0.25, -0.2) is 4.68 Å². The Morgan fingerprint density at radius 2 is 1.69 bits per heavy atom. The van der Waals surface area contributed by atoms with Gasteiger partial charge >= 0.3 is 0 Å². The molecule has 2 amide bonds. The molecule has 0 atom stereocenters. The van der Waals surface area contributed by atoms with Gasteiger partial charge in [-0.2, -0.15) is 0 Å². The summed E-state index contributed by atoms with van der Waals surface area (Å²) in [5.41, 5.74) is 8.99. The van der Waals surface area contributed by atoms with E-state index in [1.54, 1.807) is 11.1 Å². The number of hydrogen-bond donors (Lipinski definition) is 2. The molecule has 3 N–H and O–H groups in total. The predicted octanol–water partition coefficient (Wildman–Crippen LogP) is 0.869. The number of amides is 2. The van der Waals surface area contributed by atoms with E-state index in [2.05, 4.69) is 15.6 Å². The van der Waals surface area contributed by atoms with Crippen LogP contribution in [-0.2, 0) is 22.7 Å². The first-order valence-electron chi connectivity index (χ1n) is 10.7. The van der Waals surface area contributed by atoms with Gasteiger partial charge in [0.05, 0.1) is 11.9 Å². The van der Waals surface area contributed by atoms with E-state index in [4.69, 9.17) is 5.73 Å². The van der Waals surface area contributed by atoms with Gasteiger partial charge in [-0.05, 0) is 23.3 Å². The first-order valence-corrected chi connectivity index (χ1v) is 10.7. The lowest BCUT2D eigenvalue weighted by Gasteiger charge is -2.30. The smallest absolute Gasteiger partial charge is 0.249 e. The van der Waals surface area contributed by atoms with Crippen LogP contribution >= 0.6 is 0 Å². The van der Waals surface area contributed by atoms with Crippen LogP contribution in [0.4, 0.5) is 5.69 Å². The Labute approximate surface area is 186 Å². The van der Waals surface area contributed by atoms with E-state index in [-0.39, 0.29) is 31.4 Å². The third-order valence-corrected chi connectivity index (χ3v) is 5.44. The van der Waals surface area contributed by atoms with Crippen molar-refractivity contribution in [3.63, 3.8) is 0 Å². The fourth-order valence-corrected chi connectivity index (χ4v) is 3.67. The maximum atomic E-state index is 13.2. The highest BCUT2D eigenvalue weighted by Gasteiger charge is 2.24. The van der Waals surface area contributed by atoms with Gasteiger partial charge in [0.1, 0.15) is 13.1 Å². The Bertz CT molecular complexity index is 1040. The van der Waals surface area contributed by atoms with Crippen LogP contribution in [-0.4, -0.2) is 64.4 Å². The van der Waals surface area contributed by atoms with Crippen LogP contribution in [0.3, 0.4) is 0 Å². The van der Waals surface area contributed by atoms with Gasteiger partial charge in [-0.15, -0.1) is 5.10 Å². The standard InChI is InChI=1S/C23H27N7O2/c24-14-20-15-29(27-26-20)16-23(32)30(17-22(31)28-12-10-25-11-13-28)21-8-6-19(7-9-21)18-4-2-1-3-5-18/h1-9,15,25H,10-14,16-17,24H2. The number of benzene rings is 2. The summed E-state index contributed by atoms with van der Waals surface area (Å²) < 4.78 is 1.45. The number of rotatable bonds is 7. The lowest BCUT2D eigenvalue weighted by molar-refractivity contribution is -0.132. The average Bonchev–Trinajstić information content (AvgIpc) is 3.31. The van der Waals surface area contributed by atoms with Crippen LogP contribution in [0.15, 0.2) is 60.8 Å². The van der Waals surface area contributed by atoms with Crippen molar-refractivity contribution in [1.29, 1.82) is 0 Å². The first-order chi connectivity index (χ1) is 15.6. The van der Waals surface area contributed by atoms with E-state index >= 15 is 0 Å². The minimum Gasteiger partial charge on any atom is -0.339 e. The van der Waals surface area contributed by atoms with Crippen LogP contribution < -0.4 is 16.0 Å². The second-order valence-electron chi connectivity index (χ2n) is 7.64. The molecule has 0 bridgehead atoms. The Hall–Kier alpha value is -3.56. The van der Waals surface area contributed by atoms with Gasteiger partial charge in [-0.1, -0.05) is 47.7 Å². The zero-order valence-electron chi connectivity index (χ0n) is 17.9. The summed E-state index contributed by atoms with van der Waals surface area (Å²) in [5.74, 6) is -0.317. The fourth-order valence-electron chi connectivity index (χ4n) is 3.67. The number of carbonyl (C=O) groups is 2. The minimum atomic E-state index is -0.241. The molecule has 0 unspecified atom stereocenters. The molecule has 1 saturated heterocycles. The molecule has 0 aliphatic carbocycles. The number of piperazine rings is 1. The molecule has 1 aliphatic heterocycles. The molecule has 1 fully saturated rings. The molecule has 0 spiro atoms. The van der Waals surface area contributed by atoms with Gasteiger partial charge < -0.3 is 20.9 Å². The molecular weight excluding hydrogens is 406 g/mol.